The zero-order valence-electron chi connectivity index (χ0n) is 11.9. The van der Waals surface area contributed by atoms with Gasteiger partial charge in [-0.3, -0.25) is 0 Å². The first-order valence-corrected chi connectivity index (χ1v) is 7.59. The molecule has 0 unspecified atom stereocenters. The smallest absolute Gasteiger partial charge is 0.0499 e. The van der Waals surface area contributed by atoms with Gasteiger partial charge in [0.05, 0.1) is 0 Å². The summed E-state index contributed by atoms with van der Waals surface area (Å²) in [5.41, 5.74) is 0.209. The first-order valence-electron chi connectivity index (χ1n) is 7.59. The predicted molar refractivity (Wildman–Crippen MR) is 74.2 cm³/mol. The van der Waals surface area contributed by atoms with Crippen molar-refractivity contribution in [3.63, 3.8) is 0 Å². The molecule has 0 atom stereocenters. The molecule has 0 aromatic heterocycles. The molecule has 17 heavy (non-hydrogen) atoms. The second kappa shape index (κ2) is 8.10. The van der Waals surface area contributed by atoms with Crippen LogP contribution in [0.1, 0.15) is 65.2 Å². The second-order valence-electron chi connectivity index (χ2n) is 5.85. The molecule has 1 N–H and O–H groups in total. The standard InChI is InChI=1S/C15H31NO/c1-3-11-16(12-4-2)13-15(14-17)9-7-5-6-8-10-15/h17H,3-14H2,1-2H3. The lowest BCUT2D eigenvalue weighted by Crippen LogP contribution is -2.40. The molecule has 2 heteroatoms. The summed E-state index contributed by atoms with van der Waals surface area (Å²) < 4.78 is 0. The van der Waals surface area contributed by atoms with Gasteiger partial charge in [-0.25, -0.2) is 0 Å². The minimum atomic E-state index is 0.209. The van der Waals surface area contributed by atoms with Gasteiger partial charge in [-0.1, -0.05) is 39.5 Å². The van der Waals surface area contributed by atoms with E-state index in [0.717, 1.165) is 6.54 Å². The first-order chi connectivity index (χ1) is 8.26. The van der Waals surface area contributed by atoms with E-state index in [-0.39, 0.29) is 5.41 Å². The van der Waals surface area contributed by atoms with Crippen LogP contribution in [0.2, 0.25) is 0 Å². The SMILES string of the molecule is CCCN(CCC)CC1(CO)CCCCCC1. The summed E-state index contributed by atoms with van der Waals surface area (Å²) in [4.78, 5) is 2.57. The number of nitrogens with zero attached hydrogens (tertiary/aromatic N) is 1. The zero-order valence-corrected chi connectivity index (χ0v) is 11.9. The van der Waals surface area contributed by atoms with Crippen LogP contribution < -0.4 is 0 Å². The highest BCUT2D eigenvalue weighted by Crippen LogP contribution is 2.35. The Kier molecular flexibility index (Phi) is 7.14. The van der Waals surface area contributed by atoms with E-state index in [1.54, 1.807) is 0 Å². The van der Waals surface area contributed by atoms with Crippen molar-refractivity contribution in [3.8, 4) is 0 Å². The van der Waals surface area contributed by atoms with Crippen LogP contribution >= 0.6 is 0 Å². The molecule has 1 rings (SSSR count). The van der Waals surface area contributed by atoms with Gasteiger partial charge in [0.15, 0.2) is 0 Å². The van der Waals surface area contributed by atoms with Crippen molar-refractivity contribution in [1.82, 2.24) is 4.90 Å². The van der Waals surface area contributed by atoms with Crippen molar-refractivity contribution in [2.75, 3.05) is 26.2 Å². The lowest BCUT2D eigenvalue weighted by atomic mass is 9.80. The number of aliphatic hydroxyl groups excluding tert-OH is 1. The van der Waals surface area contributed by atoms with Gasteiger partial charge in [-0.15, -0.1) is 0 Å². The molecule has 0 amide bonds. The molecule has 1 fully saturated rings. The van der Waals surface area contributed by atoms with Gasteiger partial charge in [0.2, 0.25) is 0 Å². The molecule has 0 spiro atoms. The summed E-state index contributed by atoms with van der Waals surface area (Å²) in [5.74, 6) is 0. The van der Waals surface area contributed by atoms with Gasteiger partial charge >= 0.3 is 0 Å². The van der Waals surface area contributed by atoms with Crippen LogP contribution in [0.5, 0.6) is 0 Å². The summed E-state index contributed by atoms with van der Waals surface area (Å²) in [6.07, 6.45) is 10.3. The van der Waals surface area contributed by atoms with E-state index in [9.17, 15) is 5.11 Å². The summed E-state index contributed by atoms with van der Waals surface area (Å²) in [7, 11) is 0. The van der Waals surface area contributed by atoms with Crippen molar-refractivity contribution >= 4 is 0 Å². The van der Waals surface area contributed by atoms with Crippen molar-refractivity contribution in [2.24, 2.45) is 5.41 Å². The van der Waals surface area contributed by atoms with Crippen LogP contribution in [0.3, 0.4) is 0 Å². The van der Waals surface area contributed by atoms with E-state index in [0.29, 0.717) is 6.61 Å². The maximum Gasteiger partial charge on any atom is 0.0499 e. The molecule has 0 aromatic carbocycles. The average molecular weight is 241 g/mol. The fourth-order valence-corrected chi connectivity index (χ4v) is 3.22. The second-order valence-corrected chi connectivity index (χ2v) is 5.85. The minimum Gasteiger partial charge on any atom is -0.396 e. The van der Waals surface area contributed by atoms with E-state index >= 15 is 0 Å². The van der Waals surface area contributed by atoms with E-state index in [4.69, 9.17) is 0 Å². The molecule has 1 aliphatic rings. The van der Waals surface area contributed by atoms with E-state index in [1.807, 2.05) is 0 Å². The third-order valence-electron chi connectivity index (χ3n) is 4.14. The third-order valence-corrected chi connectivity index (χ3v) is 4.14. The highest BCUT2D eigenvalue weighted by Gasteiger charge is 2.31. The van der Waals surface area contributed by atoms with Crippen LogP contribution in [0, 0.1) is 5.41 Å². The molecule has 0 radical (unpaired) electrons. The number of hydrogen-bond donors (Lipinski definition) is 1. The highest BCUT2D eigenvalue weighted by atomic mass is 16.3. The molecule has 2 nitrogen and oxygen atoms in total. The number of rotatable bonds is 7. The van der Waals surface area contributed by atoms with Crippen LogP contribution in [-0.4, -0.2) is 36.2 Å². The largest absolute Gasteiger partial charge is 0.396 e. The molecule has 0 saturated heterocycles. The highest BCUT2D eigenvalue weighted by molar-refractivity contribution is 4.84. The Hall–Kier alpha value is -0.0800. The van der Waals surface area contributed by atoms with Gasteiger partial charge in [0, 0.05) is 18.6 Å². The molecule has 1 aliphatic carbocycles. The summed E-state index contributed by atoms with van der Waals surface area (Å²) in [5, 5.41) is 9.83. The van der Waals surface area contributed by atoms with Crippen molar-refractivity contribution in [3.05, 3.63) is 0 Å². The Labute approximate surface area is 107 Å². The van der Waals surface area contributed by atoms with E-state index in [1.165, 1.54) is 64.5 Å². The monoisotopic (exact) mass is 241 g/mol. The molecular formula is C15H31NO. The minimum absolute atomic E-state index is 0.209. The summed E-state index contributed by atoms with van der Waals surface area (Å²) >= 11 is 0. The summed E-state index contributed by atoms with van der Waals surface area (Å²) in [6.45, 7) is 8.38. The maximum atomic E-state index is 9.83. The number of aliphatic hydroxyl groups is 1. The van der Waals surface area contributed by atoms with Crippen molar-refractivity contribution < 1.29 is 5.11 Å². The van der Waals surface area contributed by atoms with Crippen LogP contribution in [0.15, 0.2) is 0 Å². The zero-order chi connectivity index (χ0) is 12.6. The van der Waals surface area contributed by atoms with Crippen LogP contribution in [-0.2, 0) is 0 Å². The van der Waals surface area contributed by atoms with Gasteiger partial charge in [-0.2, -0.15) is 0 Å². The summed E-state index contributed by atoms with van der Waals surface area (Å²) in [6, 6.07) is 0. The quantitative estimate of drug-likeness (QED) is 0.690. The van der Waals surface area contributed by atoms with Gasteiger partial charge < -0.3 is 10.0 Å². The Morgan fingerprint density at radius 3 is 1.88 bits per heavy atom. The predicted octanol–water partition coefficient (Wildman–Crippen LogP) is 3.44. The molecule has 0 aromatic rings. The Morgan fingerprint density at radius 2 is 1.47 bits per heavy atom. The fraction of sp³-hybridized carbons (Fsp3) is 1.00. The van der Waals surface area contributed by atoms with E-state index in [2.05, 4.69) is 18.7 Å². The van der Waals surface area contributed by atoms with Gasteiger partial charge in [0.1, 0.15) is 0 Å². The fourth-order valence-electron chi connectivity index (χ4n) is 3.22. The van der Waals surface area contributed by atoms with Gasteiger partial charge in [-0.05, 0) is 38.8 Å². The van der Waals surface area contributed by atoms with Crippen LogP contribution in [0.4, 0.5) is 0 Å². The lowest BCUT2D eigenvalue weighted by molar-refractivity contribution is 0.0592. The normalized spacial score (nSPS) is 20.5. The molecule has 0 heterocycles. The Bertz CT molecular complexity index is 179. The average Bonchev–Trinajstić information content (AvgIpc) is 2.56. The molecule has 1 saturated carbocycles. The maximum absolute atomic E-state index is 9.83. The number of hydrogen-bond acceptors (Lipinski definition) is 2. The lowest BCUT2D eigenvalue weighted by Gasteiger charge is -2.36. The third kappa shape index (κ3) is 4.97. The van der Waals surface area contributed by atoms with Crippen molar-refractivity contribution in [1.29, 1.82) is 0 Å². The molecule has 0 aliphatic heterocycles. The molecule has 0 bridgehead atoms. The van der Waals surface area contributed by atoms with Gasteiger partial charge in [0.25, 0.3) is 0 Å². The van der Waals surface area contributed by atoms with E-state index < -0.39 is 0 Å². The Balaban J connectivity index is 2.56. The first kappa shape index (κ1) is 15.0. The topological polar surface area (TPSA) is 23.5 Å². The van der Waals surface area contributed by atoms with Crippen molar-refractivity contribution in [2.45, 2.75) is 65.2 Å². The molecular weight excluding hydrogens is 210 g/mol. The molecule has 102 valence electrons. The Morgan fingerprint density at radius 1 is 0.941 bits per heavy atom. The van der Waals surface area contributed by atoms with Crippen LogP contribution in [0.25, 0.3) is 0 Å².